The highest BCUT2D eigenvalue weighted by atomic mass is 79.9. The van der Waals surface area contributed by atoms with Gasteiger partial charge in [0, 0.05) is 22.2 Å². The van der Waals surface area contributed by atoms with Gasteiger partial charge in [0.15, 0.2) is 5.82 Å². The van der Waals surface area contributed by atoms with Crippen LogP contribution in [-0.2, 0) is 11.3 Å². The van der Waals surface area contributed by atoms with E-state index < -0.39 is 0 Å². The van der Waals surface area contributed by atoms with Crippen LogP contribution in [-0.4, -0.2) is 16.6 Å². The number of halogens is 3. The van der Waals surface area contributed by atoms with Crippen LogP contribution in [0.2, 0.25) is 10.2 Å². The molecule has 2 aromatic rings. The van der Waals surface area contributed by atoms with E-state index in [1.807, 2.05) is 26.0 Å². The highest BCUT2D eigenvalue weighted by Crippen LogP contribution is 2.31. The first-order valence-corrected chi connectivity index (χ1v) is 7.88. The molecule has 1 aromatic heterocycles. The lowest BCUT2D eigenvalue weighted by Crippen LogP contribution is -2.03. The molecule has 4 nitrogen and oxygen atoms in total. The van der Waals surface area contributed by atoms with Crippen molar-refractivity contribution >= 4 is 50.6 Å². The maximum atomic E-state index is 6.14. The zero-order valence-electron chi connectivity index (χ0n) is 11.6. The summed E-state index contributed by atoms with van der Waals surface area (Å²) in [5.74, 6) is 1.12. The van der Waals surface area contributed by atoms with Gasteiger partial charge in [0.2, 0.25) is 0 Å². The second-order valence-electron chi connectivity index (χ2n) is 4.34. The Hall–Kier alpha value is -0.880. The molecule has 0 fully saturated rings. The molecule has 0 aliphatic carbocycles. The first kappa shape index (κ1) is 16.5. The smallest absolute Gasteiger partial charge is 0.158 e. The Kier molecular flexibility index (Phi) is 5.81. The molecule has 1 heterocycles. The minimum Gasteiger partial charge on any atom is -0.374 e. The van der Waals surface area contributed by atoms with Gasteiger partial charge in [-0.1, -0.05) is 23.2 Å². The third-order valence-corrected chi connectivity index (χ3v) is 3.94. The van der Waals surface area contributed by atoms with Crippen LogP contribution in [0.5, 0.6) is 0 Å². The van der Waals surface area contributed by atoms with Crippen LogP contribution in [0.25, 0.3) is 0 Å². The highest BCUT2D eigenvalue weighted by Gasteiger charge is 2.08. The number of nitrogens with one attached hydrogen (secondary N) is 1. The molecule has 7 heteroatoms. The number of anilines is 2. The predicted octanol–water partition coefficient (Wildman–Crippen LogP) is 5.13. The van der Waals surface area contributed by atoms with Crippen molar-refractivity contribution in [2.75, 3.05) is 11.9 Å². The molecule has 2 rings (SSSR count). The molecule has 0 saturated heterocycles. The summed E-state index contributed by atoms with van der Waals surface area (Å²) in [5.41, 5.74) is 1.80. The number of aryl methyl sites for hydroxylation is 1. The molecule has 1 N–H and O–H groups in total. The van der Waals surface area contributed by atoms with Gasteiger partial charge in [-0.3, -0.25) is 0 Å². The van der Waals surface area contributed by atoms with Crippen LogP contribution in [0.4, 0.5) is 11.5 Å². The highest BCUT2D eigenvalue weighted by molar-refractivity contribution is 9.10. The van der Waals surface area contributed by atoms with Crippen molar-refractivity contribution in [2.45, 2.75) is 20.5 Å². The van der Waals surface area contributed by atoms with Gasteiger partial charge in [-0.25, -0.2) is 9.97 Å². The molecule has 0 radical (unpaired) electrons. The zero-order valence-corrected chi connectivity index (χ0v) is 14.7. The predicted molar refractivity (Wildman–Crippen MR) is 89.5 cm³/mol. The van der Waals surface area contributed by atoms with Crippen LogP contribution in [0.1, 0.15) is 18.3 Å². The lowest BCUT2D eigenvalue weighted by molar-refractivity contribution is 0.128. The number of rotatable bonds is 5. The van der Waals surface area contributed by atoms with E-state index in [1.165, 1.54) is 0 Å². The van der Waals surface area contributed by atoms with Crippen LogP contribution < -0.4 is 5.32 Å². The normalized spacial score (nSPS) is 10.7. The van der Waals surface area contributed by atoms with Crippen LogP contribution in [0, 0.1) is 6.92 Å². The first-order chi connectivity index (χ1) is 9.99. The van der Waals surface area contributed by atoms with Gasteiger partial charge >= 0.3 is 0 Å². The average Bonchev–Trinajstić information content (AvgIpc) is 2.42. The standard InChI is InChI=1S/C14H14BrCl2N3O/c1-3-21-7-14-19-12(17)6-13(20-14)18-11-5-10(16)8(2)4-9(11)15/h4-6H,3,7H2,1-2H3,(H,18,19,20). The Morgan fingerprint density at radius 1 is 1.24 bits per heavy atom. The number of nitrogens with zero attached hydrogens (tertiary/aromatic N) is 2. The van der Waals surface area contributed by atoms with Crippen molar-refractivity contribution in [1.82, 2.24) is 9.97 Å². The third-order valence-electron chi connectivity index (χ3n) is 2.69. The van der Waals surface area contributed by atoms with E-state index in [9.17, 15) is 0 Å². The van der Waals surface area contributed by atoms with Crippen molar-refractivity contribution < 1.29 is 4.74 Å². The SMILES string of the molecule is CCOCc1nc(Cl)cc(Nc2cc(Cl)c(C)cc2Br)n1. The van der Waals surface area contributed by atoms with E-state index in [1.54, 1.807) is 6.07 Å². The summed E-state index contributed by atoms with van der Waals surface area (Å²) in [4.78, 5) is 8.48. The van der Waals surface area contributed by atoms with Crippen molar-refractivity contribution in [2.24, 2.45) is 0 Å². The molecule has 21 heavy (non-hydrogen) atoms. The summed E-state index contributed by atoms with van der Waals surface area (Å²) in [6.07, 6.45) is 0. The Morgan fingerprint density at radius 2 is 2.00 bits per heavy atom. The summed E-state index contributed by atoms with van der Waals surface area (Å²) < 4.78 is 6.19. The number of hydrogen-bond acceptors (Lipinski definition) is 4. The molecule has 0 spiro atoms. The van der Waals surface area contributed by atoms with Crippen LogP contribution in [0.3, 0.4) is 0 Å². The zero-order chi connectivity index (χ0) is 15.4. The largest absolute Gasteiger partial charge is 0.374 e. The maximum absolute atomic E-state index is 6.14. The summed E-state index contributed by atoms with van der Waals surface area (Å²) in [5, 5.41) is 4.21. The molecule has 1 aromatic carbocycles. The van der Waals surface area contributed by atoms with E-state index in [4.69, 9.17) is 27.9 Å². The fourth-order valence-corrected chi connectivity index (χ4v) is 2.59. The fraction of sp³-hybridized carbons (Fsp3) is 0.286. The quantitative estimate of drug-likeness (QED) is 0.718. The van der Waals surface area contributed by atoms with E-state index in [-0.39, 0.29) is 0 Å². The molecule has 0 aliphatic heterocycles. The molecular weight excluding hydrogens is 377 g/mol. The van der Waals surface area contributed by atoms with Crippen molar-refractivity contribution in [3.8, 4) is 0 Å². The Bertz CT molecular complexity index is 652. The minimum atomic E-state index is 0.321. The molecule has 0 aliphatic rings. The topological polar surface area (TPSA) is 47.0 Å². The number of benzene rings is 1. The van der Waals surface area contributed by atoms with Crippen molar-refractivity contribution in [3.05, 3.63) is 44.2 Å². The van der Waals surface area contributed by atoms with Gasteiger partial charge in [-0.05, 0) is 47.5 Å². The maximum Gasteiger partial charge on any atom is 0.158 e. The van der Waals surface area contributed by atoms with Gasteiger partial charge in [0.05, 0.1) is 5.69 Å². The lowest BCUT2D eigenvalue weighted by Gasteiger charge is -2.11. The Labute approximate surface area is 142 Å². The molecule has 112 valence electrons. The summed E-state index contributed by atoms with van der Waals surface area (Å²) in [6.45, 7) is 4.77. The van der Waals surface area contributed by atoms with E-state index in [0.29, 0.717) is 35.0 Å². The second kappa shape index (κ2) is 7.40. The van der Waals surface area contributed by atoms with Crippen LogP contribution in [0.15, 0.2) is 22.7 Å². The van der Waals surface area contributed by atoms with E-state index in [2.05, 4.69) is 31.2 Å². The Morgan fingerprint density at radius 3 is 2.71 bits per heavy atom. The van der Waals surface area contributed by atoms with Gasteiger partial charge in [-0.15, -0.1) is 0 Å². The molecule has 0 saturated carbocycles. The summed E-state index contributed by atoms with van der Waals surface area (Å²) >= 11 is 15.6. The van der Waals surface area contributed by atoms with Gasteiger partial charge in [0.1, 0.15) is 17.6 Å². The van der Waals surface area contributed by atoms with Crippen LogP contribution >= 0.6 is 39.1 Å². The van der Waals surface area contributed by atoms with Gasteiger partial charge in [0.25, 0.3) is 0 Å². The average molecular weight is 391 g/mol. The summed E-state index contributed by atoms with van der Waals surface area (Å²) in [6, 6.07) is 5.42. The van der Waals surface area contributed by atoms with Crippen molar-refractivity contribution in [3.63, 3.8) is 0 Å². The van der Waals surface area contributed by atoms with E-state index in [0.717, 1.165) is 15.7 Å². The third kappa shape index (κ3) is 4.54. The van der Waals surface area contributed by atoms with E-state index >= 15 is 0 Å². The fourth-order valence-electron chi connectivity index (χ4n) is 1.67. The molecular formula is C14H14BrCl2N3O. The number of aromatic nitrogens is 2. The second-order valence-corrected chi connectivity index (χ2v) is 5.98. The Balaban J connectivity index is 2.27. The minimum absolute atomic E-state index is 0.321. The summed E-state index contributed by atoms with van der Waals surface area (Å²) in [7, 11) is 0. The molecule has 0 amide bonds. The lowest BCUT2D eigenvalue weighted by atomic mass is 10.2. The number of hydrogen-bond donors (Lipinski definition) is 1. The molecule has 0 atom stereocenters. The number of ether oxygens (including phenoxy) is 1. The monoisotopic (exact) mass is 389 g/mol. The van der Waals surface area contributed by atoms with Gasteiger partial charge in [-0.2, -0.15) is 0 Å². The molecule has 0 bridgehead atoms. The molecule has 0 unspecified atom stereocenters. The van der Waals surface area contributed by atoms with Crippen molar-refractivity contribution in [1.29, 1.82) is 0 Å². The van der Waals surface area contributed by atoms with Gasteiger partial charge < -0.3 is 10.1 Å². The first-order valence-electron chi connectivity index (χ1n) is 6.33.